The maximum atomic E-state index is 11.8. The lowest BCUT2D eigenvalue weighted by molar-refractivity contribution is 0.0927. The van der Waals surface area contributed by atoms with Crippen molar-refractivity contribution in [2.24, 2.45) is 5.84 Å². The predicted octanol–water partition coefficient (Wildman–Crippen LogP) is 2.13. The molecular weight excluding hydrogens is 244 g/mol. The lowest BCUT2D eigenvalue weighted by atomic mass is 10.1. The molecule has 5 nitrogen and oxygen atoms in total. The van der Waals surface area contributed by atoms with Gasteiger partial charge in [0.2, 0.25) is 0 Å². The van der Waals surface area contributed by atoms with Crippen LogP contribution in [0.5, 0.6) is 0 Å². The summed E-state index contributed by atoms with van der Waals surface area (Å²) in [6.07, 6.45) is 2.52. The van der Waals surface area contributed by atoms with Crippen molar-refractivity contribution in [3.05, 3.63) is 48.2 Å². The van der Waals surface area contributed by atoms with Gasteiger partial charge in [0.25, 0.3) is 5.91 Å². The monoisotopic (exact) mass is 260 g/mol. The summed E-state index contributed by atoms with van der Waals surface area (Å²) in [6, 6.07) is 7.30. The second kappa shape index (κ2) is 6.17. The van der Waals surface area contributed by atoms with E-state index in [0.717, 1.165) is 11.8 Å². The van der Waals surface area contributed by atoms with Crippen LogP contribution in [0.25, 0.3) is 11.0 Å². The fourth-order valence-electron chi connectivity index (χ4n) is 1.85. The topological polar surface area (TPSA) is 77.5 Å². The molecule has 3 N–H and O–H groups in total. The fraction of sp³-hybridized carbons (Fsp3) is 0.214. The van der Waals surface area contributed by atoms with Crippen LogP contribution in [-0.4, -0.2) is 12.5 Å². The molecule has 2 aromatic rings. The molecule has 19 heavy (non-hydrogen) atoms. The van der Waals surface area contributed by atoms with Crippen molar-refractivity contribution in [1.82, 2.24) is 5.43 Å². The average molecular weight is 260 g/mol. The third kappa shape index (κ3) is 2.83. The molecule has 1 aromatic heterocycles. The predicted molar refractivity (Wildman–Crippen MR) is 72.3 cm³/mol. The quantitative estimate of drug-likeness (QED) is 0.274. The second-order valence-corrected chi connectivity index (χ2v) is 4.00. The highest BCUT2D eigenvalue weighted by Crippen LogP contribution is 2.26. The standard InChI is InChI=1S/C14H16N2O3/c1-2-3-8-18-9-12-13(14(17)16-15)10-6-4-5-7-11(10)19-12/h2,4-7H,1,3,8-9,15H2,(H,16,17). The lowest BCUT2D eigenvalue weighted by Gasteiger charge is -2.02. The van der Waals surface area contributed by atoms with Crippen molar-refractivity contribution in [3.8, 4) is 0 Å². The van der Waals surface area contributed by atoms with E-state index in [1.165, 1.54) is 0 Å². The van der Waals surface area contributed by atoms with Crippen molar-refractivity contribution in [3.63, 3.8) is 0 Å². The number of hydrogen-bond acceptors (Lipinski definition) is 4. The summed E-state index contributed by atoms with van der Waals surface area (Å²) in [6.45, 7) is 4.37. The molecule has 1 aromatic carbocycles. The number of rotatable bonds is 6. The van der Waals surface area contributed by atoms with E-state index in [1.807, 2.05) is 18.2 Å². The molecule has 0 bridgehead atoms. The van der Waals surface area contributed by atoms with Crippen LogP contribution in [-0.2, 0) is 11.3 Å². The zero-order valence-electron chi connectivity index (χ0n) is 10.5. The van der Waals surface area contributed by atoms with E-state index in [2.05, 4.69) is 12.0 Å². The van der Waals surface area contributed by atoms with Crippen molar-refractivity contribution < 1.29 is 13.9 Å². The number of furan rings is 1. The molecule has 5 heteroatoms. The van der Waals surface area contributed by atoms with Crippen LogP contribution in [0.1, 0.15) is 22.5 Å². The molecule has 0 saturated heterocycles. The molecule has 0 unspecified atom stereocenters. The van der Waals surface area contributed by atoms with Crippen LogP contribution in [0.15, 0.2) is 41.3 Å². The summed E-state index contributed by atoms with van der Waals surface area (Å²) in [5.41, 5.74) is 3.20. The van der Waals surface area contributed by atoms with Gasteiger partial charge in [-0.1, -0.05) is 24.3 Å². The maximum Gasteiger partial charge on any atom is 0.269 e. The Kier molecular flexibility index (Phi) is 4.33. The van der Waals surface area contributed by atoms with Crippen molar-refractivity contribution >= 4 is 16.9 Å². The van der Waals surface area contributed by atoms with Crippen LogP contribution in [0.4, 0.5) is 0 Å². The van der Waals surface area contributed by atoms with E-state index in [1.54, 1.807) is 12.1 Å². The highest BCUT2D eigenvalue weighted by Gasteiger charge is 2.19. The maximum absolute atomic E-state index is 11.8. The van der Waals surface area contributed by atoms with Gasteiger partial charge in [0.1, 0.15) is 18.0 Å². The van der Waals surface area contributed by atoms with E-state index >= 15 is 0 Å². The Bertz CT molecular complexity index is 589. The van der Waals surface area contributed by atoms with Crippen LogP contribution >= 0.6 is 0 Å². The average Bonchev–Trinajstić information content (AvgIpc) is 2.81. The molecule has 2 rings (SSSR count). The van der Waals surface area contributed by atoms with Gasteiger partial charge in [-0.25, -0.2) is 5.84 Å². The zero-order chi connectivity index (χ0) is 13.7. The minimum absolute atomic E-state index is 0.227. The molecular formula is C14H16N2O3. The number of fused-ring (bicyclic) bond motifs is 1. The zero-order valence-corrected chi connectivity index (χ0v) is 10.5. The number of nitrogens with one attached hydrogen (secondary N) is 1. The fourth-order valence-corrected chi connectivity index (χ4v) is 1.85. The van der Waals surface area contributed by atoms with Crippen molar-refractivity contribution in [1.29, 1.82) is 0 Å². The molecule has 0 aliphatic rings. The van der Waals surface area contributed by atoms with E-state index < -0.39 is 0 Å². The first-order valence-corrected chi connectivity index (χ1v) is 5.98. The number of nitrogens with two attached hydrogens (primary N) is 1. The second-order valence-electron chi connectivity index (χ2n) is 4.00. The van der Waals surface area contributed by atoms with Crippen LogP contribution in [0.2, 0.25) is 0 Å². The molecule has 0 saturated carbocycles. The molecule has 100 valence electrons. The van der Waals surface area contributed by atoms with E-state index in [0.29, 0.717) is 23.5 Å². The Morgan fingerprint density at radius 2 is 2.26 bits per heavy atom. The summed E-state index contributed by atoms with van der Waals surface area (Å²) in [4.78, 5) is 11.8. The van der Waals surface area contributed by atoms with Gasteiger partial charge in [0.15, 0.2) is 0 Å². The minimum atomic E-state index is -0.382. The van der Waals surface area contributed by atoms with Gasteiger partial charge in [0, 0.05) is 5.39 Å². The molecule has 0 aliphatic heterocycles. The van der Waals surface area contributed by atoms with E-state index in [9.17, 15) is 4.79 Å². The van der Waals surface area contributed by atoms with Gasteiger partial charge in [-0.15, -0.1) is 6.58 Å². The third-order valence-electron chi connectivity index (χ3n) is 2.73. The number of carbonyl (C=O) groups excluding carboxylic acids is 1. The summed E-state index contributed by atoms with van der Waals surface area (Å²) in [5.74, 6) is 5.30. The number of nitrogen functional groups attached to an aromatic ring is 1. The molecule has 0 atom stereocenters. The number of hydrazine groups is 1. The summed E-state index contributed by atoms with van der Waals surface area (Å²) < 4.78 is 11.1. The molecule has 0 spiro atoms. The lowest BCUT2D eigenvalue weighted by Crippen LogP contribution is -2.30. The molecule has 1 amide bonds. The van der Waals surface area contributed by atoms with Crippen LogP contribution < -0.4 is 11.3 Å². The normalized spacial score (nSPS) is 10.6. The smallest absolute Gasteiger partial charge is 0.269 e. The minimum Gasteiger partial charge on any atom is -0.458 e. The number of amides is 1. The van der Waals surface area contributed by atoms with Gasteiger partial charge >= 0.3 is 0 Å². The van der Waals surface area contributed by atoms with Gasteiger partial charge in [0.05, 0.1) is 12.2 Å². The Morgan fingerprint density at radius 1 is 1.47 bits per heavy atom. The van der Waals surface area contributed by atoms with Gasteiger partial charge in [-0.2, -0.15) is 0 Å². The number of carbonyl (C=O) groups is 1. The van der Waals surface area contributed by atoms with Crippen molar-refractivity contribution in [2.45, 2.75) is 13.0 Å². The van der Waals surface area contributed by atoms with E-state index in [4.69, 9.17) is 15.0 Å². The SMILES string of the molecule is C=CCCOCc1oc2ccccc2c1C(=O)NN. The highest BCUT2D eigenvalue weighted by atomic mass is 16.5. The van der Waals surface area contributed by atoms with Gasteiger partial charge < -0.3 is 9.15 Å². The number of benzene rings is 1. The summed E-state index contributed by atoms with van der Waals surface area (Å²) in [7, 11) is 0. The number of ether oxygens (including phenoxy) is 1. The number of hydrogen-bond donors (Lipinski definition) is 2. The van der Waals surface area contributed by atoms with Crippen LogP contribution in [0, 0.1) is 0 Å². The molecule has 0 radical (unpaired) electrons. The number of para-hydroxylation sites is 1. The Hall–Kier alpha value is -2.11. The Labute approximate surface area is 111 Å². The first-order valence-electron chi connectivity index (χ1n) is 5.98. The summed E-state index contributed by atoms with van der Waals surface area (Å²) >= 11 is 0. The molecule has 0 aliphatic carbocycles. The first-order chi connectivity index (χ1) is 9.27. The Balaban J connectivity index is 2.30. The van der Waals surface area contributed by atoms with Gasteiger partial charge in [-0.3, -0.25) is 10.2 Å². The largest absolute Gasteiger partial charge is 0.458 e. The summed E-state index contributed by atoms with van der Waals surface area (Å²) in [5, 5.41) is 0.729. The Morgan fingerprint density at radius 3 is 3.00 bits per heavy atom. The third-order valence-corrected chi connectivity index (χ3v) is 2.73. The highest BCUT2D eigenvalue weighted by molar-refractivity contribution is 6.06. The van der Waals surface area contributed by atoms with Crippen LogP contribution in [0.3, 0.4) is 0 Å². The van der Waals surface area contributed by atoms with E-state index in [-0.39, 0.29) is 12.5 Å². The molecule has 0 fully saturated rings. The van der Waals surface area contributed by atoms with Gasteiger partial charge in [-0.05, 0) is 12.5 Å². The van der Waals surface area contributed by atoms with Crippen molar-refractivity contribution in [2.75, 3.05) is 6.61 Å². The molecule has 1 heterocycles. The first kappa shape index (κ1) is 13.3.